The molecule has 1 aliphatic heterocycles. The first-order chi connectivity index (χ1) is 17.4. The summed E-state index contributed by atoms with van der Waals surface area (Å²) >= 11 is 0. The Labute approximate surface area is 211 Å². The van der Waals surface area contributed by atoms with Crippen LogP contribution in [0.1, 0.15) is 55.7 Å². The fraction of sp³-hybridized carbons (Fsp3) is 0.429. The van der Waals surface area contributed by atoms with Gasteiger partial charge in [0.1, 0.15) is 13.2 Å². The molecule has 0 spiro atoms. The monoisotopic (exact) mass is 491 g/mol. The van der Waals surface area contributed by atoms with Crippen molar-refractivity contribution in [3.63, 3.8) is 0 Å². The second-order valence-corrected chi connectivity index (χ2v) is 9.26. The number of benzodiazepines with no additional fused rings is 1. The van der Waals surface area contributed by atoms with Crippen LogP contribution < -0.4 is 10.2 Å². The molecule has 1 fully saturated rings. The standard InChI is InChI=1S/C28H33N3O5/c1-19-10-9-15-23-24(22-13-7-4-8-14-22)29-26(27(33)31(25(19)23)16-17-35-20(2)32)30-28(34)36-18-21-11-5-3-6-12-21/h3,5-6,9-12,15,22,26H,4,7-8,13-14,16-18H2,1-2H3,(H,30,34). The van der Waals surface area contributed by atoms with Crippen molar-refractivity contribution in [2.75, 3.05) is 18.1 Å². The van der Waals surface area contributed by atoms with Gasteiger partial charge in [-0.1, -0.05) is 67.8 Å². The SMILES string of the molecule is CC(=O)OCCN1C(=O)C(NC(=O)OCc2ccccc2)N=C(C2CCCCC2)c2cccc(C)c21. The van der Waals surface area contributed by atoms with Gasteiger partial charge >= 0.3 is 12.1 Å². The van der Waals surface area contributed by atoms with Crippen molar-refractivity contribution in [1.29, 1.82) is 0 Å². The fourth-order valence-corrected chi connectivity index (χ4v) is 4.92. The minimum absolute atomic E-state index is 0.0405. The number of ether oxygens (including phenoxy) is 2. The number of nitrogens with zero attached hydrogens (tertiary/aromatic N) is 2. The van der Waals surface area contributed by atoms with Crippen molar-refractivity contribution >= 4 is 29.4 Å². The zero-order chi connectivity index (χ0) is 25.5. The number of benzene rings is 2. The summed E-state index contributed by atoms with van der Waals surface area (Å²) in [5.41, 5.74) is 4.24. The predicted molar refractivity (Wildman–Crippen MR) is 137 cm³/mol. The molecule has 2 amide bonds. The van der Waals surface area contributed by atoms with Crippen LogP contribution in [-0.4, -0.2) is 43.0 Å². The Balaban J connectivity index is 1.65. The highest BCUT2D eigenvalue weighted by molar-refractivity contribution is 6.14. The third kappa shape index (κ3) is 6.11. The molecule has 1 saturated carbocycles. The average Bonchev–Trinajstić information content (AvgIpc) is 2.99. The van der Waals surface area contributed by atoms with E-state index in [9.17, 15) is 14.4 Å². The number of fused-ring (bicyclic) bond motifs is 1. The van der Waals surface area contributed by atoms with Crippen LogP contribution in [0.3, 0.4) is 0 Å². The average molecular weight is 492 g/mol. The summed E-state index contributed by atoms with van der Waals surface area (Å²) in [4.78, 5) is 44.3. The van der Waals surface area contributed by atoms with Crippen LogP contribution >= 0.6 is 0 Å². The van der Waals surface area contributed by atoms with Crippen molar-refractivity contribution in [2.24, 2.45) is 10.9 Å². The van der Waals surface area contributed by atoms with Crippen molar-refractivity contribution in [3.05, 3.63) is 65.2 Å². The molecule has 8 nitrogen and oxygen atoms in total. The van der Waals surface area contributed by atoms with E-state index in [2.05, 4.69) is 5.32 Å². The summed E-state index contributed by atoms with van der Waals surface area (Å²) in [6.07, 6.45) is 3.50. The second kappa shape index (κ2) is 11.8. The van der Waals surface area contributed by atoms with Crippen LogP contribution in [0.2, 0.25) is 0 Å². The van der Waals surface area contributed by atoms with Crippen LogP contribution in [0.4, 0.5) is 10.5 Å². The van der Waals surface area contributed by atoms with Crippen LogP contribution in [0.25, 0.3) is 0 Å². The number of aliphatic imine (C=N–C) groups is 1. The number of esters is 1. The highest BCUT2D eigenvalue weighted by Gasteiger charge is 2.36. The van der Waals surface area contributed by atoms with Gasteiger partial charge in [-0.15, -0.1) is 0 Å². The molecule has 8 heteroatoms. The molecular weight excluding hydrogens is 458 g/mol. The number of hydrogen-bond donors (Lipinski definition) is 1. The lowest BCUT2D eigenvalue weighted by Crippen LogP contribution is -2.48. The molecule has 0 aromatic heterocycles. The maximum absolute atomic E-state index is 13.8. The highest BCUT2D eigenvalue weighted by atomic mass is 16.5. The van der Waals surface area contributed by atoms with E-state index >= 15 is 0 Å². The molecule has 2 aromatic rings. The quantitative estimate of drug-likeness (QED) is 0.574. The lowest BCUT2D eigenvalue weighted by molar-refractivity contribution is -0.141. The molecule has 2 aromatic carbocycles. The van der Waals surface area contributed by atoms with E-state index in [0.29, 0.717) is 0 Å². The number of aryl methyl sites for hydroxylation is 1. The zero-order valence-electron chi connectivity index (χ0n) is 20.9. The molecule has 36 heavy (non-hydrogen) atoms. The minimum atomic E-state index is -1.14. The van der Waals surface area contributed by atoms with E-state index < -0.39 is 18.2 Å². The fourth-order valence-electron chi connectivity index (χ4n) is 4.92. The number of carbonyl (C=O) groups is 3. The van der Waals surface area contributed by atoms with E-state index in [-0.39, 0.29) is 31.6 Å². The Morgan fingerprint density at radius 3 is 2.50 bits per heavy atom. The molecule has 2 aliphatic rings. The lowest BCUT2D eigenvalue weighted by Gasteiger charge is -2.27. The Hall–Kier alpha value is -3.68. The smallest absolute Gasteiger partial charge is 0.409 e. The van der Waals surface area contributed by atoms with Gasteiger partial charge in [0.2, 0.25) is 6.17 Å². The molecule has 1 atom stereocenters. The Morgan fingerprint density at radius 2 is 1.78 bits per heavy atom. The Kier molecular flexibility index (Phi) is 8.36. The predicted octanol–water partition coefficient (Wildman–Crippen LogP) is 4.53. The molecule has 190 valence electrons. The van der Waals surface area contributed by atoms with Gasteiger partial charge < -0.3 is 14.4 Å². The largest absolute Gasteiger partial charge is 0.464 e. The number of nitrogens with one attached hydrogen (secondary N) is 1. The summed E-state index contributed by atoms with van der Waals surface area (Å²) in [5.74, 6) is -0.606. The normalized spacial score (nSPS) is 18.1. The Bertz CT molecular complexity index is 1130. The van der Waals surface area contributed by atoms with Crippen LogP contribution in [0, 0.1) is 12.8 Å². The first-order valence-corrected chi connectivity index (χ1v) is 12.5. The third-order valence-electron chi connectivity index (χ3n) is 6.63. The topological polar surface area (TPSA) is 97.3 Å². The van der Waals surface area contributed by atoms with Crippen LogP contribution in [0.15, 0.2) is 53.5 Å². The third-order valence-corrected chi connectivity index (χ3v) is 6.63. The number of alkyl carbamates (subject to hydrolysis) is 1. The van der Waals surface area contributed by atoms with E-state index in [1.165, 1.54) is 13.3 Å². The maximum Gasteiger partial charge on any atom is 0.409 e. The van der Waals surface area contributed by atoms with Gasteiger partial charge in [-0.05, 0) is 30.9 Å². The van der Waals surface area contributed by atoms with Gasteiger partial charge in [0.05, 0.1) is 17.9 Å². The van der Waals surface area contributed by atoms with Crippen LogP contribution in [0.5, 0.6) is 0 Å². The first kappa shape index (κ1) is 25.4. The van der Waals surface area contributed by atoms with Crippen LogP contribution in [-0.2, 0) is 25.7 Å². The van der Waals surface area contributed by atoms with E-state index in [1.54, 1.807) is 4.90 Å². The molecule has 1 N–H and O–H groups in total. The van der Waals surface area contributed by atoms with Gasteiger partial charge in [0.25, 0.3) is 5.91 Å². The number of para-hydroxylation sites is 1. The summed E-state index contributed by atoms with van der Waals surface area (Å²) in [6, 6.07) is 15.2. The van der Waals surface area contributed by atoms with Gasteiger partial charge in [0.15, 0.2) is 0 Å². The molecule has 0 bridgehead atoms. The van der Waals surface area contributed by atoms with E-state index in [0.717, 1.165) is 53.8 Å². The number of hydrogen-bond acceptors (Lipinski definition) is 6. The molecule has 1 aliphatic carbocycles. The van der Waals surface area contributed by atoms with Gasteiger partial charge in [-0.25, -0.2) is 4.79 Å². The number of rotatable bonds is 7. The Morgan fingerprint density at radius 1 is 1.03 bits per heavy atom. The number of carbonyl (C=O) groups excluding carboxylic acids is 3. The van der Waals surface area contributed by atoms with Gasteiger partial charge in [-0.2, -0.15) is 0 Å². The van der Waals surface area contributed by atoms with Crippen molar-refractivity contribution in [3.8, 4) is 0 Å². The minimum Gasteiger partial charge on any atom is -0.464 e. The zero-order valence-corrected chi connectivity index (χ0v) is 20.9. The van der Waals surface area contributed by atoms with Gasteiger partial charge in [-0.3, -0.25) is 19.9 Å². The van der Waals surface area contributed by atoms with E-state index in [1.807, 2.05) is 55.5 Å². The number of anilines is 1. The van der Waals surface area contributed by atoms with Crippen molar-refractivity contribution < 1.29 is 23.9 Å². The number of amides is 2. The molecule has 1 heterocycles. The van der Waals surface area contributed by atoms with Gasteiger partial charge in [0, 0.05) is 18.4 Å². The van der Waals surface area contributed by atoms with Crippen molar-refractivity contribution in [1.82, 2.24) is 5.32 Å². The van der Waals surface area contributed by atoms with E-state index in [4.69, 9.17) is 14.5 Å². The summed E-state index contributed by atoms with van der Waals surface area (Å²) < 4.78 is 10.5. The van der Waals surface area contributed by atoms with Crippen molar-refractivity contribution in [2.45, 2.75) is 58.7 Å². The molecule has 4 rings (SSSR count). The summed E-state index contributed by atoms with van der Waals surface area (Å²) in [7, 11) is 0. The highest BCUT2D eigenvalue weighted by Crippen LogP contribution is 2.35. The maximum atomic E-state index is 13.8. The molecule has 1 unspecified atom stereocenters. The summed E-state index contributed by atoms with van der Waals surface area (Å²) in [5, 5.41) is 2.68. The molecule has 0 radical (unpaired) electrons. The molecule has 0 saturated heterocycles. The molecular formula is C28H33N3O5. The first-order valence-electron chi connectivity index (χ1n) is 12.5. The second-order valence-electron chi connectivity index (χ2n) is 9.26. The summed E-state index contributed by atoms with van der Waals surface area (Å²) in [6.45, 7) is 3.56. The lowest BCUT2D eigenvalue weighted by atomic mass is 9.82.